The van der Waals surface area contributed by atoms with Gasteiger partial charge in [0, 0.05) is 59.5 Å². The minimum Gasteiger partial charge on any atom is -0.370 e. The maximum Gasteiger partial charge on any atom is 0.251 e. The summed E-state index contributed by atoms with van der Waals surface area (Å²) in [7, 11) is 0. The van der Waals surface area contributed by atoms with Gasteiger partial charge in [0.25, 0.3) is 5.91 Å². The molecule has 5 rings (SSSR count). The fraction of sp³-hybridized carbons (Fsp3) is 0.396. The van der Waals surface area contributed by atoms with Crippen LogP contribution in [0.25, 0.3) is 10.9 Å². The summed E-state index contributed by atoms with van der Waals surface area (Å²) < 4.78 is 0. The SMILES string of the molecule is CC(C)C[C@H](NC(=O)[C@H](CC(C)C)NC(=O)[C@H](Cc1cnc[nH]1)NC(=O)c1ccc(NC(=O)[C@H](C)NC(=O)[C@H](Cc2c[nH]c3ccccc23)NC(=O)[C@H](CCC(N)=O)NC(=O)[C@@H](N)Cc2ccccc2)cc1)C(N)=O. The fourth-order valence-corrected chi connectivity index (χ4v) is 8.16. The molecule has 75 heavy (non-hydrogen) atoms. The Morgan fingerprint density at radius 3 is 1.79 bits per heavy atom. The molecule has 0 bridgehead atoms. The number of rotatable bonds is 28. The van der Waals surface area contributed by atoms with Crippen LogP contribution in [0.3, 0.4) is 0 Å². The van der Waals surface area contributed by atoms with Crippen molar-refractivity contribution in [3.05, 3.63) is 120 Å². The van der Waals surface area contributed by atoms with Gasteiger partial charge in [-0.3, -0.25) is 43.2 Å². The monoisotopic (exact) mass is 1030 g/mol. The number of carbonyl (C=O) groups is 9. The number of para-hydroxylation sites is 1. The van der Waals surface area contributed by atoms with Crippen molar-refractivity contribution in [3.63, 3.8) is 0 Å². The van der Waals surface area contributed by atoms with E-state index in [4.69, 9.17) is 17.2 Å². The van der Waals surface area contributed by atoms with Gasteiger partial charge in [-0.15, -0.1) is 0 Å². The average molecular weight is 1030 g/mol. The number of hydrogen-bond acceptors (Lipinski definition) is 11. The Morgan fingerprint density at radius 1 is 0.573 bits per heavy atom. The largest absolute Gasteiger partial charge is 0.370 e. The lowest BCUT2D eigenvalue weighted by atomic mass is 9.99. The Balaban J connectivity index is 1.26. The summed E-state index contributed by atoms with van der Waals surface area (Å²) >= 11 is 0. The summed E-state index contributed by atoms with van der Waals surface area (Å²) in [4.78, 5) is 130. The minimum atomic E-state index is -1.31. The summed E-state index contributed by atoms with van der Waals surface area (Å²) in [6.07, 6.45) is 4.78. The number of fused-ring (bicyclic) bond motifs is 1. The quantitative estimate of drug-likeness (QED) is 0.0339. The maximum absolute atomic E-state index is 14.1. The Hall–Kier alpha value is -8.40. The molecular weight excluding hydrogens is 963 g/mol. The van der Waals surface area contributed by atoms with Crippen molar-refractivity contribution in [1.29, 1.82) is 0 Å². The molecule has 0 aliphatic rings. The minimum absolute atomic E-state index is 0.0226. The van der Waals surface area contributed by atoms with E-state index in [-0.39, 0.29) is 61.6 Å². The molecule has 0 aliphatic carbocycles. The standard InChI is InChI=1S/C53H69N13O9/c1-29(2)21-41(46(56)68)63-52(74)42(22-30(3)4)65-53(75)44(25-36-27-57-28-59-36)64-48(70)33-15-17-35(18-16-33)61-47(69)31(5)60-51(73)43(24-34-26-58-39-14-10-9-13-37(34)39)66-50(72)40(19-20-45(55)67)62-49(71)38(54)23-32-11-7-6-8-12-32/h6-18,26-31,38,40-44,58H,19-25,54H2,1-5H3,(H2,55,67)(H2,56,68)(H,57,59)(H,60,73)(H,61,69)(H,62,71)(H,63,74)(H,64,70)(H,65,75)(H,66,72)/t31-,38-,40-,41-,42-,43-,44-/m0/s1. The zero-order valence-corrected chi connectivity index (χ0v) is 42.7. The first-order valence-corrected chi connectivity index (χ1v) is 24.8. The zero-order valence-electron chi connectivity index (χ0n) is 42.7. The fourth-order valence-electron chi connectivity index (χ4n) is 8.16. The molecule has 15 N–H and O–H groups in total. The number of nitrogens with one attached hydrogen (secondary N) is 9. The van der Waals surface area contributed by atoms with Gasteiger partial charge < -0.3 is 64.4 Å². The van der Waals surface area contributed by atoms with E-state index >= 15 is 0 Å². The molecule has 2 aromatic heterocycles. The lowest BCUT2D eigenvalue weighted by molar-refractivity contribution is -0.133. The van der Waals surface area contributed by atoms with Crippen molar-refractivity contribution < 1.29 is 43.2 Å². The summed E-state index contributed by atoms with van der Waals surface area (Å²) in [5, 5.41) is 19.6. The highest BCUT2D eigenvalue weighted by Crippen LogP contribution is 2.20. The van der Waals surface area contributed by atoms with E-state index in [1.807, 2.05) is 58.0 Å². The molecule has 22 nitrogen and oxygen atoms in total. The Bertz CT molecular complexity index is 2760. The molecule has 0 saturated carbocycles. The van der Waals surface area contributed by atoms with Crippen LogP contribution in [0.1, 0.15) is 87.5 Å². The Kier molecular flexibility index (Phi) is 21.2. The van der Waals surface area contributed by atoms with Crippen LogP contribution in [0.5, 0.6) is 0 Å². The summed E-state index contributed by atoms with van der Waals surface area (Å²) in [5.74, 6) is -6.19. The van der Waals surface area contributed by atoms with Gasteiger partial charge in [-0.25, -0.2) is 4.98 Å². The van der Waals surface area contributed by atoms with E-state index in [2.05, 4.69) is 52.2 Å². The molecule has 0 saturated heterocycles. The van der Waals surface area contributed by atoms with E-state index in [9.17, 15) is 43.2 Å². The third-order valence-electron chi connectivity index (χ3n) is 12.2. The maximum atomic E-state index is 14.1. The van der Waals surface area contributed by atoms with E-state index in [0.717, 1.165) is 16.5 Å². The van der Waals surface area contributed by atoms with Crippen molar-refractivity contribution in [3.8, 4) is 0 Å². The normalized spacial score (nSPS) is 14.0. The number of benzene rings is 3. The van der Waals surface area contributed by atoms with Gasteiger partial charge >= 0.3 is 0 Å². The number of amides is 9. The summed E-state index contributed by atoms with van der Waals surface area (Å²) in [6.45, 7) is 8.94. The van der Waals surface area contributed by atoms with E-state index < -0.39 is 95.5 Å². The molecule has 2 heterocycles. The Labute approximate surface area is 434 Å². The topological polar surface area (TPSA) is 360 Å². The molecule has 3 aromatic carbocycles. The number of primary amides is 2. The van der Waals surface area contributed by atoms with Gasteiger partial charge in [0.2, 0.25) is 47.3 Å². The van der Waals surface area contributed by atoms with E-state index in [1.165, 1.54) is 43.7 Å². The molecule has 7 atom stereocenters. The van der Waals surface area contributed by atoms with Gasteiger partial charge in [-0.1, -0.05) is 76.2 Å². The van der Waals surface area contributed by atoms with Crippen LogP contribution in [0, 0.1) is 11.8 Å². The number of nitrogens with two attached hydrogens (primary N) is 3. The number of imidazole rings is 1. The van der Waals surface area contributed by atoms with E-state index in [1.54, 1.807) is 30.5 Å². The van der Waals surface area contributed by atoms with Crippen LogP contribution in [-0.2, 0) is 57.6 Å². The number of anilines is 1. The van der Waals surface area contributed by atoms with Crippen LogP contribution >= 0.6 is 0 Å². The van der Waals surface area contributed by atoms with Gasteiger partial charge in [0.05, 0.1) is 12.4 Å². The molecule has 5 aromatic rings. The third-order valence-corrected chi connectivity index (χ3v) is 12.2. The first-order chi connectivity index (χ1) is 35.7. The molecule has 400 valence electrons. The lowest BCUT2D eigenvalue weighted by Gasteiger charge is -2.26. The third kappa shape index (κ3) is 17.9. The highest BCUT2D eigenvalue weighted by Gasteiger charge is 2.33. The van der Waals surface area contributed by atoms with Gasteiger partial charge in [-0.2, -0.15) is 0 Å². The second kappa shape index (κ2) is 27.6. The lowest BCUT2D eigenvalue weighted by Crippen LogP contribution is -2.57. The molecule has 0 fully saturated rings. The van der Waals surface area contributed by atoms with Gasteiger partial charge in [0.1, 0.15) is 36.3 Å². The molecular formula is C53H69N13O9. The molecule has 0 spiro atoms. The number of hydrogen-bond donors (Lipinski definition) is 12. The van der Waals surface area contributed by atoms with Crippen LogP contribution < -0.4 is 54.4 Å². The highest BCUT2D eigenvalue weighted by molar-refractivity contribution is 6.01. The van der Waals surface area contributed by atoms with E-state index in [0.29, 0.717) is 17.7 Å². The van der Waals surface area contributed by atoms with Crippen LogP contribution in [-0.4, -0.2) is 110 Å². The molecule has 9 amide bonds. The second-order valence-corrected chi connectivity index (χ2v) is 19.4. The second-order valence-electron chi connectivity index (χ2n) is 19.4. The summed E-state index contributed by atoms with van der Waals surface area (Å²) in [5.41, 5.74) is 20.3. The highest BCUT2D eigenvalue weighted by atomic mass is 16.2. The first kappa shape index (κ1) is 57.5. The average Bonchev–Trinajstić information content (AvgIpc) is 4.04. The van der Waals surface area contributed by atoms with Crippen molar-refractivity contribution in [2.24, 2.45) is 29.0 Å². The summed E-state index contributed by atoms with van der Waals surface area (Å²) in [6, 6.07) is 14.1. The van der Waals surface area contributed by atoms with Crippen LogP contribution in [0.2, 0.25) is 0 Å². The predicted molar refractivity (Wildman–Crippen MR) is 281 cm³/mol. The number of carbonyl (C=O) groups excluding carboxylic acids is 9. The van der Waals surface area contributed by atoms with Crippen molar-refractivity contribution in [1.82, 2.24) is 46.9 Å². The Morgan fingerprint density at radius 2 is 1.15 bits per heavy atom. The number of aromatic nitrogens is 3. The van der Waals surface area contributed by atoms with Gasteiger partial charge in [0.15, 0.2) is 0 Å². The molecule has 0 radical (unpaired) electrons. The van der Waals surface area contributed by atoms with Crippen LogP contribution in [0.4, 0.5) is 5.69 Å². The van der Waals surface area contributed by atoms with Gasteiger partial charge in [-0.05, 0) is 85.9 Å². The predicted octanol–water partition coefficient (Wildman–Crippen LogP) is 1.27. The number of H-pyrrole nitrogens is 2. The first-order valence-electron chi connectivity index (χ1n) is 24.8. The van der Waals surface area contributed by atoms with Crippen molar-refractivity contribution in [2.45, 2.75) is 122 Å². The number of nitrogens with zero attached hydrogens (tertiary/aromatic N) is 1. The number of aromatic amines is 2. The van der Waals surface area contributed by atoms with Crippen molar-refractivity contribution >= 4 is 69.8 Å². The smallest absolute Gasteiger partial charge is 0.251 e. The van der Waals surface area contributed by atoms with Crippen molar-refractivity contribution in [2.75, 3.05) is 5.32 Å². The zero-order chi connectivity index (χ0) is 54.8. The molecule has 22 heteroatoms. The molecule has 0 aliphatic heterocycles. The molecule has 0 unspecified atom stereocenters. The van der Waals surface area contributed by atoms with Crippen LogP contribution in [0.15, 0.2) is 97.6 Å².